The van der Waals surface area contributed by atoms with Gasteiger partial charge in [0.2, 0.25) is 18.6 Å². The topological polar surface area (TPSA) is 96.9 Å². The van der Waals surface area contributed by atoms with Crippen molar-refractivity contribution in [2.24, 2.45) is 5.92 Å². The summed E-state index contributed by atoms with van der Waals surface area (Å²) in [6, 6.07) is 7.43. The SMILES string of the molecule is CC1CN(c2cc(Cl)nc(SCC(=O)NCc3ccc4c(c3)OCO4)n2)CCN1C(=O)C1CC1. The molecule has 1 N–H and O–H groups in total. The number of amides is 2. The van der Waals surface area contributed by atoms with Gasteiger partial charge in [0, 0.05) is 44.2 Å². The van der Waals surface area contributed by atoms with Gasteiger partial charge in [-0.25, -0.2) is 9.97 Å². The number of hydrogen-bond donors (Lipinski definition) is 1. The Morgan fingerprint density at radius 2 is 2.00 bits per heavy atom. The molecule has 1 aromatic carbocycles. The maximum Gasteiger partial charge on any atom is 0.231 e. The lowest BCUT2D eigenvalue weighted by molar-refractivity contribution is -0.135. The normalized spacial score (nSPS) is 19.3. The molecule has 3 aliphatic rings. The van der Waals surface area contributed by atoms with E-state index in [1.165, 1.54) is 11.8 Å². The summed E-state index contributed by atoms with van der Waals surface area (Å²) in [6.07, 6.45) is 2.02. The second-order valence-corrected chi connectivity index (χ2v) is 10.0. The molecule has 3 heterocycles. The average molecular weight is 504 g/mol. The number of fused-ring (bicyclic) bond motifs is 1. The number of anilines is 1. The van der Waals surface area contributed by atoms with Crippen LogP contribution in [0.3, 0.4) is 0 Å². The molecule has 1 atom stereocenters. The number of carbonyl (C=O) groups is 2. The highest BCUT2D eigenvalue weighted by Gasteiger charge is 2.37. The highest BCUT2D eigenvalue weighted by atomic mass is 35.5. The molecule has 0 radical (unpaired) electrons. The first-order valence-electron chi connectivity index (χ1n) is 11.3. The molecular formula is C23H26ClN5O4S. The molecule has 1 saturated carbocycles. The molecule has 2 aromatic rings. The van der Waals surface area contributed by atoms with Crippen LogP contribution < -0.4 is 19.7 Å². The summed E-state index contributed by atoms with van der Waals surface area (Å²) in [5.74, 6) is 2.66. The van der Waals surface area contributed by atoms with E-state index in [-0.39, 0.29) is 36.3 Å². The van der Waals surface area contributed by atoms with Gasteiger partial charge in [-0.2, -0.15) is 0 Å². The van der Waals surface area contributed by atoms with Crippen molar-refractivity contribution in [3.63, 3.8) is 0 Å². The molecule has 2 aliphatic heterocycles. The maximum absolute atomic E-state index is 12.5. The lowest BCUT2D eigenvalue weighted by atomic mass is 10.1. The molecule has 0 bridgehead atoms. The van der Waals surface area contributed by atoms with E-state index in [1.54, 1.807) is 6.07 Å². The summed E-state index contributed by atoms with van der Waals surface area (Å²) in [7, 11) is 0. The molecule has 5 rings (SSSR count). The molecular weight excluding hydrogens is 478 g/mol. The third-order valence-corrected chi connectivity index (χ3v) is 7.12. The van der Waals surface area contributed by atoms with E-state index < -0.39 is 0 Å². The van der Waals surface area contributed by atoms with Crippen molar-refractivity contribution in [1.29, 1.82) is 0 Å². The van der Waals surface area contributed by atoms with Crippen LogP contribution >= 0.6 is 23.4 Å². The van der Waals surface area contributed by atoms with E-state index in [9.17, 15) is 9.59 Å². The molecule has 34 heavy (non-hydrogen) atoms. The molecule has 9 nitrogen and oxygen atoms in total. The highest BCUT2D eigenvalue weighted by molar-refractivity contribution is 7.99. The van der Waals surface area contributed by atoms with Gasteiger partial charge < -0.3 is 24.6 Å². The first-order chi connectivity index (χ1) is 16.5. The zero-order valence-corrected chi connectivity index (χ0v) is 20.4. The molecule has 1 unspecified atom stereocenters. The number of benzene rings is 1. The lowest BCUT2D eigenvalue weighted by Crippen LogP contribution is -2.54. The fourth-order valence-electron chi connectivity index (χ4n) is 4.10. The van der Waals surface area contributed by atoms with E-state index >= 15 is 0 Å². The summed E-state index contributed by atoms with van der Waals surface area (Å²) in [5.41, 5.74) is 0.928. The Morgan fingerprint density at radius 1 is 1.18 bits per heavy atom. The number of thioether (sulfide) groups is 1. The second-order valence-electron chi connectivity index (χ2n) is 8.69. The lowest BCUT2D eigenvalue weighted by Gasteiger charge is -2.40. The molecule has 0 spiro atoms. The third kappa shape index (κ3) is 5.33. The number of carbonyl (C=O) groups excluding carboxylic acids is 2. The molecule has 1 aromatic heterocycles. The fourth-order valence-corrected chi connectivity index (χ4v) is 5.01. The Bertz CT molecular complexity index is 1100. The minimum absolute atomic E-state index is 0.105. The van der Waals surface area contributed by atoms with Crippen molar-refractivity contribution in [2.75, 3.05) is 37.1 Å². The first kappa shape index (κ1) is 23.0. The van der Waals surface area contributed by atoms with E-state index in [0.717, 1.165) is 18.4 Å². The Labute approximate surface area is 207 Å². The van der Waals surface area contributed by atoms with E-state index in [0.29, 0.717) is 53.8 Å². The Hall–Kier alpha value is -2.72. The number of halogens is 1. The molecule has 1 saturated heterocycles. The van der Waals surface area contributed by atoms with Crippen LogP contribution in [0.15, 0.2) is 29.4 Å². The van der Waals surface area contributed by atoms with Crippen molar-refractivity contribution in [2.45, 2.75) is 37.5 Å². The third-order valence-electron chi connectivity index (χ3n) is 6.08. The van der Waals surface area contributed by atoms with Crippen LogP contribution in [-0.2, 0) is 16.1 Å². The van der Waals surface area contributed by atoms with Crippen LogP contribution in [-0.4, -0.2) is 64.9 Å². The van der Waals surface area contributed by atoms with E-state index in [4.69, 9.17) is 21.1 Å². The number of piperazine rings is 1. The number of ether oxygens (including phenoxy) is 2. The molecule has 180 valence electrons. The molecule has 2 fully saturated rings. The van der Waals surface area contributed by atoms with Gasteiger partial charge >= 0.3 is 0 Å². The van der Waals surface area contributed by atoms with Gasteiger partial charge in [-0.1, -0.05) is 29.4 Å². The van der Waals surface area contributed by atoms with Gasteiger partial charge in [0.15, 0.2) is 16.7 Å². The zero-order valence-electron chi connectivity index (χ0n) is 18.8. The molecule has 1 aliphatic carbocycles. The number of aromatic nitrogens is 2. The van der Waals surface area contributed by atoms with Crippen LogP contribution in [0, 0.1) is 5.92 Å². The molecule has 2 amide bonds. The van der Waals surface area contributed by atoms with Gasteiger partial charge in [0.1, 0.15) is 11.0 Å². The van der Waals surface area contributed by atoms with Crippen LogP contribution in [0.1, 0.15) is 25.3 Å². The van der Waals surface area contributed by atoms with Crippen molar-refractivity contribution in [3.8, 4) is 11.5 Å². The second kappa shape index (κ2) is 9.87. The van der Waals surface area contributed by atoms with Gasteiger partial charge in [0.25, 0.3) is 0 Å². The van der Waals surface area contributed by atoms with Crippen molar-refractivity contribution in [3.05, 3.63) is 35.0 Å². The number of nitrogens with zero attached hydrogens (tertiary/aromatic N) is 4. The predicted molar refractivity (Wildman–Crippen MR) is 128 cm³/mol. The monoisotopic (exact) mass is 503 g/mol. The average Bonchev–Trinajstić information content (AvgIpc) is 3.58. The van der Waals surface area contributed by atoms with Gasteiger partial charge in [-0.3, -0.25) is 9.59 Å². The first-order valence-corrected chi connectivity index (χ1v) is 12.7. The predicted octanol–water partition coefficient (Wildman–Crippen LogP) is 2.71. The van der Waals surface area contributed by atoms with Gasteiger partial charge in [-0.15, -0.1) is 0 Å². The van der Waals surface area contributed by atoms with Gasteiger partial charge in [-0.05, 0) is 37.5 Å². The number of nitrogens with one attached hydrogen (secondary N) is 1. The summed E-state index contributed by atoms with van der Waals surface area (Å²) in [6.45, 7) is 4.72. The number of rotatable bonds is 7. The summed E-state index contributed by atoms with van der Waals surface area (Å²) in [5, 5.41) is 3.68. The maximum atomic E-state index is 12.5. The zero-order chi connectivity index (χ0) is 23.7. The minimum atomic E-state index is -0.131. The standard InChI is InChI=1S/C23H26ClN5O4S/c1-14-11-28(6-7-29(14)22(31)16-3-4-16)20-9-19(24)26-23(27-20)34-12-21(30)25-10-15-2-5-17-18(8-15)33-13-32-17/h2,5,8-9,14,16H,3-4,6-7,10-13H2,1H3,(H,25,30). The van der Waals surface area contributed by atoms with Crippen LogP contribution in [0.25, 0.3) is 0 Å². The smallest absolute Gasteiger partial charge is 0.231 e. The number of hydrogen-bond acceptors (Lipinski definition) is 8. The van der Waals surface area contributed by atoms with Crippen LogP contribution in [0.4, 0.5) is 5.82 Å². The largest absolute Gasteiger partial charge is 0.454 e. The van der Waals surface area contributed by atoms with Crippen LogP contribution in [0.2, 0.25) is 5.15 Å². The quantitative estimate of drug-likeness (QED) is 0.350. The van der Waals surface area contributed by atoms with Crippen molar-refractivity contribution >= 4 is 41.0 Å². The van der Waals surface area contributed by atoms with Crippen molar-refractivity contribution < 1.29 is 19.1 Å². The van der Waals surface area contributed by atoms with E-state index in [1.807, 2.05) is 23.1 Å². The van der Waals surface area contributed by atoms with E-state index in [2.05, 4.69) is 27.1 Å². The Morgan fingerprint density at radius 3 is 2.79 bits per heavy atom. The Balaban J connectivity index is 1.14. The fraction of sp³-hybridized carbons (Fsp3) is 0.478. The molecule has 11 heteroatoms. The summed E-state index contributed by atoms with van der Waals surface area (Å²) < 4.78 is 10.7. The van der Waals surface area contributed by atoms with Crippen molar-refractivity contribution in [1.82, 2.24) is 20.2 Å². The highest BCUT2D eigenvalue weighted by Crippen LogP contribution is 2.33. The Kier molecular flexibility index (Phi) is 6.69. The summed E-state index contributed by atoms with van der Waals surface area (Å²) >= 11 is 7.50. The van der Waals surface area contributed by atoms with Crippen LogP contribution in [0.5, 0.6) is 11.5 Å². The minimum Gasteiger partial charge on any atom is -0.454 e. The summed E-state index contributed by atoms with van der Waals surface area (Å²) in [4.78, 5) is 37.8. The van der Waals surface area contributed by atoms with Gasteiger partial charge in [0.05, 0.1) is 5.75 Å².